The van der Waals surface area contributed by atoms with Crippen LogP contribution in [0.15, 0.2) is 59.0 Å². The molecule has 0 saturated carbocycles. The van der Waals surface area contributed by atoms with Gasteiger partial charge in [-0.25, -0.2) is 0 Å². The first kappa shape index (κ1) is 16.9. The molecule has 2 aromatic carbocycles. The van der Waals surface area contributed by atoms with Crippen molar-refractivity contribution in [2.45, 2.75) is 6.42 Å². The summed E-state index contributed by atoms with van der Waals surface area (Å²) in [5, 5.41) is 21.8. The molecule has 1 N–H and O–H groups in total. The highest BCUT2D eigenvalue weighted by Crippen LogP contribution is 2.29. The topological polar surface area (TPSA) is 111 Å². The molecule has 2 heterocycles. The lowest BCUT2D eigenvalue weighted by Crippen LogP contribution is -2.10. The minimum atomic E-state index is -0.469. The molecule has 0 aliphatic carbocycles. The minimum Gasteiger partial charge on any atom is -0.407 e. The van der Waals surface area contributed by atoms with Crippen LogP contribution in [0.4, 0.5) is 11.7 Å². The first-order valence-corrected chi connectivity index (χ1v) is 8.76. The maximum absolute atomic E-state index is 12.4. The molecule has 4 rings (SSSR count). The molecule has 0 atom stereocenters. The van der Waals surface area contributed by atoms with E-state index in [1.807, 2.05) is 30.3 Å². The van der Waals surface area contributed by atoms with E-state index >= 15 is 0 Å². The van der Waals surface area contributed by atoms with Gasteiger partial charge in [0.25, 0.3) is 11.6 Å². The molecule has 27 heavy (non-hydrogen) atoms. The summed E-state index contributed by atoms with van der Waals surface area (Å²) in [6.45, 7) is 0. The summed E-state index contributed by atoms with van der Waals surface area (Å²) in [5.41, 5.74) is 1.000. The summed E-state index contributed by atoms with van der Waals surface area (Å²) in [6, 6.07) is 15.7. The fraction of sp³-hybridized carbons (Fsp3) is 0.0556. The van der Waals surface area contributed by atoms with Crippen LogP contribution in [0, 0.1) is 10.1 Å². The third-order valence-electron chi connectivity index (χ3n) is 3.82. The van der Waals surface area contributed by atoms with E-state index < -0.39 is 10.8 Å². The molecule has 0 saturated heterocycles. The Kier molecular flexibility index (Phi) is 4.35. The molecule has 8 nitrogen and oxygen atoms in total. The molecule has 134 valence electrons. The number of hydrogen-bond acceptors (Lipinski definition) is 7. The Morgan fingerprint density at radius 2 is 1.96 bits per heavy atom. The first-order valence-electron chi connectivity index (χ1n) is 7.94. The van der Waals surface area contributed by atoms with Crippen molar-refractivity contribution < 1.29 is 14.1 Å². The molecule has 0 bridgehead atoms. The van der Waals surface area contributed by atoms with Crippen molar-refractivity contribution in [2.24, 2.45) is 0 Å². The number of fused-ring (bicyclic) bond motifs is 1. The van der Waals surface area contributed by atoms with Gasteiger partial charge in [0.05, 0.1) is 16.2 Å². The van der Waals surface area contributed by atoms with Crippen LogP contribution < -0.4 is 5.32 Å². The number of carbonyl (C=O) groups is 1. The molecule has 0 aliphatic rings. The van der Waals surface area contributed by atoms with Gasteiger partial charge in [0.1, 0.15) is 0 Å². The van der Waals surface area contributed by atoms with Crippen molar-refractivity contribution in [3.05, 3.63) is 81.0 Å². The third kappa shape index (κ3) is 3.67. The van der Waals surface area contributed by atoms with Crippen molar-refractivity contribution in [3.63, 3.8) is 0 Å². The third-order valence-corrected chi connectivity index (χ3v) is 4.93. The Bertz CT molecular complexity index is 1140. The summed E-state index contributed by atoms with van der Waals surface area (Å²) in [5.74, 6) is -0.0165. The van der Waals surface area contributed by atoms with Crippen LogP contribution in [0.2, 0.25) is 0 Å². The zero-order chi connectivity index (χ0) is 18.8. The van der Waals surface area contributed by atoms with Crippen LogP contribution in [0.25, 0.3) is 10.1 Å². The van der Waals surface area contributed by atoms with E-state index in [2.05, 4.69) is 15.5 Å². The van der Waals surface area contributed by atoms with Crippen LogP contribution in [0.1, 0.15) is 21.1 Å². The molecule has 0 aliphatic heterocycles. The van der Waals surface area contributed by atoms with Crippen molar-refractivity contribution in [2.75, 3.05) is 5.32 Å². The number of rotatable bonds is 5. The standard InChI is InChI=1S/C18H12N4O4S/c23-17(15-10-12-9-13(22(24)25)6-7-14(12)27-15)19-18-21-20-16(26-18)8-11-4-2-1-3-5-11/h1-7,9-10H,8H2,(H,19,21,23). The van der Waals surface area contributed by atoms with E-state index in [0.29, 0.717) is 22.6 Å². The number of amides is 1. The number of nitrogens with one attached hydrogen (secondary N) is 1. The van der Waals surface area contributed by atoms with Gasteiger partial charge in [-0.1, -0.05) is 35.4 Å². The lowest BCUT2D eigenvalue weighted by Gasteiger charge is -1.97. The minimum absolute atomic E-state index is 0.00867. The molecular weight excluding hydrogens is 368 g/mol. The second-order valence-corrected chi connectivity index (χ2v) is 6.79. The maximum atomic E-state index is 12.4. The van der Waals surface area contributed by atoms with Gasteiger partial charge in [0.2, 0.25) is 5.89 Å². The van der Waals surface area contributed by atoms with Crippen molar-refractivity contribution in [3.8, 4) is 0 Å². The molecule has 0 fully saturated rings. The quantitative estimate of drug-likeness (QED) is 0.413. The molecular formula is C18H12N4O4S. The lowest BCUT2D eigenvalue weighted by molar-refractivity contribution is -0.384. The number of benzene rings is 2. The van der Waals surface area contributed by atoms with Crippen molar-refractivity contribution >= 4 is 39.0 Å². The molecule has 1 amide bonds. The zero-order valence-electron chi connectivity index (χ0n) is 13.8. The summed E-state index contributed by atoms with van der Waals surface area (Å²) >= 11 is 1.23. The average molecular weight is 380 g/mol. The van der Waals surface area contributed by atoms with Gasteiger partial charge in [-0.05, 0) is 17.7 Å². The second kappa shape index (κ2) is 6.96. The molecule has 0 unspecified atom stereocenters. The Morgan fingerprint density at radius 3 is 2.74 bits per heavy atom. The first-order chi connectivity index (χ1) is 13.1. The predicted octanol–water partition coefficient (Wildman–Crippen LogP) is 4.04. The van der Waals surface area contributed by atoms with Gasteiger partial charge in [-0.3, -0.25) is 20.2 Å². The Hall–Kier alpha value is -3.59. The van der Waals surface area contributed by atoms with Crippen molar-refractivity contribution in [1.29, 1.82) is 0 Å². The summed E-state index contributed by atoms with van der Waals surface area (Å²) < 4.78 is 6.24. The Morgan fingerprint density at radius 1 is 1.15 bits per heavy atom. The van der Waals surface area contributed by atoms with Crippen LogP contribution in [-0.2, 0) is 6.42 Å². The van der Waals surface area contributed by atoms with Gasteiger partial charge < -0.3 is 4.42 Å². The van der Waals surface area contributed by atoms with Gasteiger partial charge in [-0.2, -0.15) is 0 Å². The predicted molar refractivity (Wildman–Crippen MR) is 100.0 cm³/mol. The smallest absolute Gasteiger partial charge is 0.322 e. The number of nitro groups is 1. The summed E-state index contributed by atoms with van der Waals surface area (Å²) in [6.07, 6.45) is 0.469. The molecule has 4 aromatic rings. The number of hydrogen-bond donors (Lipinski definition) is 1. The fourth-order valence-electron chi connectivity index (χ4n) is 2.56. The van der Waals surface area contributed by atoms with Gasteiger partial charge in [0, 0.05) is 22.2 Å². The molecule has 0 radical (unpaired) electrons. The number of aromatic nitrogens is 2. The fourth-order valence-corrected chi connectivity index (χ4v) is 3.50. The summed E-state index contributed by atoms with van der Waals surface area (Å²) in [7, 11) is 0. The van der Waals surface area contributed by atoms with Gasteiger partial charge in [0.15, 0.2) is 0 Å². The number of anilines is 1. The van der Waals surface area contributed by atoms with Crippen molar-refractivity contribution in [1.82, 2.24) is 10.2 Å². The number of thiophene rings is 1. The SMILES string of the molecule is O=C(Nc1nnc(Cc2ccccc2)o1)c1cc2cc([N+](=O)[O-])ccc2s1. The average Bonchev–Trinajstić information content (AvgIpc) is 3.28. The second-order valence-electron chi connectivity index (χ2n) is 5.71. The summed E-state index contributed by atoms with van der Waals surface area (Å²) in [4.78, 5) is 23.2. The van der Waals surface area contributed by atoms with E-state index in [0.717, 1.165) is 10.3 Å². The van der Waals surface area contributed by atoms with E-state index in [4.69, 9.17) is 4.42 Å². The van der Waals surface area contributed by atoms with E-state index in [1.54, 1.807) is 12.1 Å². The normalized spacial score (nSPS) is 10.8. The Labute approximate surface area is 156 Å². The van der Waals surface area contributed by atoms with Crippen LogP contribution in [0.3, 0.4) is 0 Å². The number of non-ortho nitro benzene ring substituents is 1. The lowest BCUT2D eigenvalue weighted by atomic mass is 10.2. The van der Waals surface area contributed by atoms with Crippen LogP contribution in [-0.4, -0.2) is 21.0 Å². The van der Waals surface area contributed by atoms with E-state index in [-0.39, 0.29) is 11.7 Å². The highest BCUT2D eigenvalue weighted by Gasteiger charge is 2.16. The monoisotopic (exact) mass is 380 g/mol. The van der Waals surface area contributed by atoms with Gasteiger partial charge >= 0.3 is 6.01 Å². The highest BCUT2D eigenvalue weighted by molar-refractivity contribution is 7.20. The van der Waals surface area contributed by atoms with E-state index in [9.17, 15) is 14.9 Å². The molecule has 2 aromatic heterocycles. The van der Waals surface area contributed by atoms with E-state index in [1.165, 1.54) is 23.5 Å². The zero-order valence-corrected chi connectivity index (χ0v) is 14.6. The highest BCUT2D eigenvalue weighted by atomic mass is 32.1. The maximum Gasteiger partial charge on any atom is 0.322 e. The molecule has 0 spiro atoms. The molecule has 9 heteroatoms. The Balaban J connectivity index is 1.49. The number of carbonyl (C=O) groups excluding carboxylic acids is 1. The van der Waals surface area contributed by atoms with Crippen LogP contribution in [0.5, 0.6) is 0 Å². The number of nitrogens with zero attached hydrogens (tertiary/aromatic N) is 3. The largest absolute Gasteiger partial charge is 0.407 e. The number of nitro benzene ring substituents is 1. The van der Waals surface area contributed by atoms with Crippen LogP contribution >= 0.6 is 11.3 Å². The van der Waals surface area contributed by atoms with Gasteiger partial charge in [-0.15, -0.1) is 16.4 Å².